The molecular formula is C14H22. The lowest BCUT2D eigenvalue weighted by Crippen LogP contribution is -2.01. The number of fused-ring (bicyclic) bond motifs is 2. The zero-order valence-corrected chi connectivity index (χ0v) is 9.28. The van der Waals surface area contributed by atoms with Crippen LogP contribution in [0, 0.1) is 17.8 Å². The normalized spacial score (nSPS) is 30.8. The minimum absolute atomic E-state index is 0.806. The van der Waals surface area contributed by atoms with Gasteiger partial charge in [0, 0.05) is 0 Å². The van der Waals surface area contributed by atoms with Gasteiger partial charge in [-0.1, -0.05) is 24.3 Å². The second kappa shape index (κ2) is 7.37. The number of hydrogen-bond donors (Lipinski definition) is 0. The van der Waals surface area contributed by atoms with E-state index in [4.69, 9.17) is 0 Å². The van der Waals surface area contributed by atoms with Crippen molar-refractivity contribution in [3.8, 4) is 0 Å². The molecule has 14 heavy (non-hydrogen) atoms. The number of allylic oxidation sites excluding steroid dienone is 4. The molecule has 0 amide bonds. The summed E-state index contributed by atoms with van der Waals surface area (Å²) in [7, 11) is 0. The van der Waals surface area contributed by atoms with Gasteiger partial charge in [0.05, 0.1) is 0 Å². The Morgan fingerprint density at radius 2 is 1.71 bits per heavy atom. The van der Waals surface area contributed by atoms with Crippen molar-refractivity contribution < 1.29 is 0 Å². The lowest BCUT2D eigenvalue weighted by Gasteiger charge is -2.11. The summed E-state index contributed by atoms with van der Waals surface area (Å²) in [6.07, 6.45) is 11.4. The average Bonchev–Trinajstić information content (AvgIpc) is 2.83. The van der Waals surface area contributed by atoms with Crippen LogP contribution in [0.2, 0.25) is 0 Å². The molecule has 0 N–H and O–H groups in total. The molecule has 0 aromatic carbocycles. The molecule has 3 unspecified atom stereocenters. The highest BCUT2D eigenvalue weighted by atomic mass is 14.4. The van der Waals surface area contributed by atoms with E-state index in [0.717, 1.165) is 17.8 Å². The van der Waals surface area contributed by atoms with Gasteiger partial charge in [-0.2, -0.15) is 0 Å². The minimum Gasteiger partial charge on any atom is -0.106 e. The molecule has 0 radical (unpaired) electrons. The monoisotopic (exact) mass is 190 g/mol. The third kappa shape index (κ3) is 3.37. The SMILES string of the molecule is C=C.C=CC.C=CC1CC2C=CC1C2. The second-order valence-electron chi connectivity index (χ2n) is 3.59. The van der Waals surface area contributed by atoms with Crippen LogP contribution in [0.5, 0.6) is 0 Å². The van der Waals surface area contributed by atoms with Crippen LogP contribution in [0.4, 0.5) is 0 Å². The fourth-order valence-electron chi connectivity index (χ4n) is 2.09. The Morgan fingerprint density at radius 1 is 1.14 bits per heavy atom. The van der Waals surface area contributed by atoms with Crippen LogP contribution in [0.15, 0.2) is 50.6 Å². The fourth-order valence-corrected chi connectivity index (χ4v) is 2.09. The van der Waals surface area contributed by atoms with E-state index in [-0.39, 0.29) is 0 Å². The molecule has 0 aliphatic heterocycles. The summed E-state index contributed by atoms with van der Waals surface area (Å²) < 4.78 is 0. The zero-order chi connectivity index (χ0) is 11.0. The lowest BCUT2D eigenvalue weighted by molar-refractivity contribution is 0.551. The summed E-state index contributed by atoms with van der Waals surface area (Å²) in [5, 5.41) is 0. The first-order valence-corrected chi connectivity index (χ1v) is 5.19. The van der Waals surface area contributed by atoms with Crippen LogP contribution in [-0.4, -0.2) is 0 Å². The maximum Gasteiger partial charge on any atom is -0.0165 e. The van der Waals surface area contributed by atoms with E-state index in [9.17, 15) is 0 Å². The minimum atomic E-state index is 0.806. The van der Waals surface area contributed by atoms with Crippen LogP contribution >= 0.6 is 0 Å². The van der Waals surface area contributed by atoms with Crippen LogP contribution in [-0.2, 0) is 0 Å². The highest BCUT2D eigenvalue weighted by Gasteiger charge is 2.33. The van der Waals surface area contributed by atoms with Crippen molar-refractivity contribution in [3.05, 3.63) is 50.6 Å². The van der Waals surface area contributed by atoms with Gasteiger partial charge >= 0.3 is 0 Å². The summed E-state index contributed by atoms with van der Waals surface area (Å²) in [4.78, 5) is 0. The van der Waals surface area contributed by atoms with Crippen molar-refractivity contribution in [2.75, 3.05) is 0 Å². The largest absolute Gasteiger partial charge is 0.106 e. The molecule has 2 bridgehead atoms. The summed E-state index contributed by atoms with van der Waals surface area (Å²) in [6, 6.07) is 0. The van der Waals surface area contributed by atoms with E-state index >= 15 is 0 Å². The highest BCUT2D eigenvalue weighted by molar-refractivity contribution is 5.13. The van der Waals surface area contributed by atoms with Gasteiger partial charge in [0.15, 0.2) is 0 Å². The predicted octanol–water partition coefficient (Wildman–Crippen LogP) is 4.38. The van der Waals surface area contributed by atoms with Crippen molar-refractivity contribution in [2.24, 2.45) is 17.8 Å². The van der Waals surface area contributed by atoms with Gasteiger partial charge in [-0.05, 0) is 37.5 Å². The molecule has 3 atom stereocenters. The first kappa shape index (κ1) is 13.0. The Labute approximate surface area is 88.7 Å². The molecule has 0 spiro atoms. The molecule has 0 aromatic heterocycles. The Hall–Kier alpha value is -1.04. The molecule has 0 aromatic rings. The molecule has 0 saturated heterocycles. The fraction of sp³-hybridized carbons (Fsp3) is 0.429. The quantitative estimate of drug-likeness (QED) is 0.538. The molecular weight excluding hydrogens is 168 g/mol. The number of rotatable bonds is 1. The zero-order valence-electron chi connectivity index (χ0n) is 9.28. The standard InChI is InChI=1S/C9H12.C3H6.C2H4/c1-2-8-5-7-3-4-9(8)6-7;1-3-2;1-2/h2-4,7-9H,1,5-6H2;3H,1H2,2H3;1-2H2. The molecule has 0 heteroatoms. The summed E-state index contributed by atoms with van der Waals surface area (Å²) >= 11 is 0. The Balaban J connectivity index is 0.000000294. The van der Waals surface area contributed by atoms with Crippen LogP contribution in [0.1, 0.15) is 19.8 Å². The molecule has 2 rings (SSSR count). The Morgan fingerprint density at radius 3 is 1.93 bits per heavy atom. The smallest absolute Gasteiger partial charge is 0.0165 e. The summed E-state index contributed by atoms with van der Waals surface area (Å²) in [5.74, 6) is 2.56. The van der Waals surface area contributed by atoms with E-state index in [1.54, 1.807) is 6.08 Å². The van der Waals surface area contributed by atoms with Gasteiger partial charge in [-0.15, -0.1) is 26.3 Å². The van der Waals surface area contributed by atoms with Gasteiger partial charge < -0.3 is 0 Å². The van der Waals surface area contributed by atoms with Crippen molar-refractivity contribution in [1.29, 1.82) is 0 Å². The third-order valence-corrected chi connectivity index (χ3v) is 2.63. The van der Waals surface area contributed by atoms with Crippen molar-refractivity contribution in [1.82, 2.24) is 0 Å². The molecule has 2 aliphatic rings. The van der Waals surface area contributed by atoms with Gasteiger partial charge in [0.25, 0.3) is 0 Å². The van der Waals surface area contributed by atoms with Crippen LogP contribution in [0.3, 0.4) is 0 Å². The van der Waals surface area contributed by atoms with E-state index in [0.29, 0.717) is 0 Å². The molecule has 1 fully saturated rings. The topological polar surface area (TPSA) is 0 Å². The Kier molecular flexibility index (Phi) is 6.82. The van der Waals surface area contributed by atoms with E-state index in [2.05, 4.69) is 44.5 Å². The second-order valence-corrected chi connectivity index (χ2v) is 3.59. The number of hydrogen-bond acceptors (Lipinski definition) is 0. The van der Waals surface area contributed by atoms with Crippen molar-refractivity contribution >= 4 is 0 Å². The van der Waals surface area contributed by atoms with Crippen LogP contribution < -0.4 is 0 Å². The Bertz CT molecular complexity index is 200. The van der Waals surface area contributed by atoms with Gasteiger partial charge in [-0.3, -0.25) is 0 Å². The van der Waals surface area contributed by atoms with E-state index in [1.165, 1.54) is 12.8 Å². The first-order chi connectivity index (χ1) is 6.81. The lowest BCUT2D eigenvalue weighted by atomic mass is 9.94. The maximum atomic E-state index is 3.83. The highest BCUT2D eigenvalue weighted by Crippen LogP contribution is 2.43. The van der Waals surface area contributed by atoms with Crippen LogP contribution in [0.25, 0.3) is 0 Å². The third-order valence-electron chi connectivity index (χ3n) is 2.63. The average molecular weight is 190 g/mol. The molecule has 0 heterocycles. The predicted molar refractivity (Wildman–Crippen MR) is 66.2 cm³/mol. The molecule has 0 nitrogen and oxygen atoms in total. The first-order valence-electron chi connectivity index (χ1n) is 5.19. The van der Waals surface area contributed by atoms with Gasteiger partial charge in [-0.25, -0.2) is 0 Å². The molecule has 78 valence electrons. The van der Waals surface area contributed by atoms with Gasteiger partial charge in [0.1, 0.15) is 0 Å². The maximum absolute atomic E-state index is 3.83. The van der Waals surface area contributed by atoms with E-state index in [1.807, 2.05) is 6.92 Å². The van der Waals surface area contributed by atoms with Crippen molar-refractivity contribution in [3.63, 3.8) is 0 Å². The van der Waals surface area contributed by atoms with Gasteiger partial charge in [0.2, 0.25) is 0 Å². The van der Waals surface area contributed by atoms with Crippen molar-refractivity contribution in [2.45, 2.75) is 19.8 Å². The molecule has 2 aliphatic carbocycles. The summed E-state index contributed by atoms with van der Waals surface area (Å²) in [5.41, 5.74) is 0. The van der Waals surface area contributed by atoms with E-state index < -0.39 is 0 Å². The summed E-state index contributed by atoms with van der Waals surface area (Å²) in [6.45, 7) is 15.1. The molecule has 1 saturated carbocycles.